The maximum atomic E-state index is 12.8. The van der Waals surface area contributed by atoms with E-state index in [1.54, 1.807) is 67.6 Å². The minimum atomic E-state index is -3.71. The van der Waals surface area contributed by atoms with Crippen molar-refractivity contribution in [3.8, 4) is 0 Å². The number of hydrogen-bond donors (Lipinski definition) is 2. The smallest absolute Gasteiger partial charge is 0.262 e. The molecule has 0 aliphatic carbocycles. The highest BCUT2D eigenvalue weighted by atomic mass is 32.2. The number of aromatic nitrogens is 1. The molecular formula is C22H19N3O3S2. The number of fused-ring (bicyclic) bond motifs is 1. The van der Waals surface area contributed by atoms with Crippen LogP contribution in [-0.4, -0.2) is 19.3 Å². The number of aryl methyl sites for hydroxylation is 2. The molecule has 4 aromatic rings. The Kier molecular flexibility index (Phi) is 5.27. The maximum Gasteiger partial charge on any atom is 0.262 e. The number of rotatable bonds is 5. The second kappa shape index (κ2) is 7.89. The number of nitrogens with zero attached hydrogens (tertiary/aromatic N) is 1. The zero-order valence-electron chi connectivity index (χ0n) is 16.3. The van der Waals surface area contributed by atoms with Gasteiger partial charge in [-0.3, -0.25) is 14.8 Å². The maximum absolute atomic E-state index is 12.8. The van der Waals surface area contributed by atoms with Crippen molar-refractivity contribution in [1.29, 1.82) is 0 Å². The van der Waals surface area contributed by atoms with Gasteiger partial charge >= 0.3 is 0 Å². The van der Waals surface area contributed by atoms with Crippen LogP contribution in [0.4, 0.5) is 10.8 Å². The van der Waals surface area contributed by atoms with Crippen LogP contribution in [0.3, 0.4) is 0 Å². The predicted octanol–water partition coefficient (Wildman–Crippen LogP) is 4.97. The van der Waals surface area contributed by atoms with E-state index in [2.05, 4.69) is 15.0 Å². The SMILES string of the molecule is Cc1ccccc1S(=O)(=O)Nc1cc(C)c2nc(NC(=O)c3ccccc3)sc2c1. The number of anilines is 2. The van der Waals surface area contributed by atoms with Crippen LogP contribution < -0.4 is 10.0 Å². The van der Waals surface area contributed by atoms with Gasteiger partial charge in [0, 0.05) is 5.56 Å². The van der Waals surface area contributed by atoms with Gasteiger partial charge in [0.1, 0.15) is 0 Å². The molecule has 30 heavy (non-hydrogen) atoms. The van der Waals surface area contributed by atoms with Crippen LogP contribution in [0.2, 0.25) is 0 Å². The summed E-state index contributed by atoms with van der Waals surface area (Å²) in [6, 6.07) is 19.2. The quantitative estimate of drug-likeness (QED) is 0.462. The molecule has 1 aromatic heterocycles. The van der Waals surface area contributed by atoms with Gasteiger partial charge < -0.3 is 0 Å². The van der Waals surface area contributed by atoms with E-state index in [9.17, 15) is 13.2 Å². The van der Waals surface area contributed by atoms with E-state index in [1.165, 1.54) is 11.3 Å². The Morgan fingerprint density at radius 1 is 0.933 bits per heavy atom. The van der Waals surface area contributed by atoms with Gasteiger partial charge in [-0.05, 0) is 55.3 Å². The lowest BCUT2D eigenvalue weighted by atomic mass is 10.2. The number of thiazole rings is 1. The Morgan fingerprint density at radius 2 is 1.63 bits per heavy atom. The lowest BCUT2D eigenvalue weighted by molar-refractivity contribution is 0.102. The van der Waals surface area contributed by atoms with Gasteiger partial charge in [0.2, 0.25) is 0 Å². The summed E-state index contributed by atoms with van der Waals surface area (Å²) in [5.41, 5.74) is 3.20. The van der Waals surface area contributed by atoms with Crippen molar-refractivity contribution in [2.45, 2.75) is 18.7 Å². The van der Waals surface area contributed by atoms with E-state index in [-0.39, 0.29) is 10.8 Å². The van der Waals surface area contributed by atoms with Gasteiger partial charge in [-0.25, -0.2) is 13.4 Å². The largest absolute Gasteiger partial charge is 0.298 e. The fourth-order valence-corrected chi connectivity index (χ4v) is 5.40. The fourth-order valence-electron chi connectivity index (χ4n) is 3.14. The molecule has 4 rings (SSSR count). The Bertz CT molecular complexity index is 1350. The van der Waals surface area contributed by atoms with Crippen LogP contribution in [-0.2, 0) is 10.0 Å². The topological polar surface area (TPSA) is 88.2 Å². The molecule has 152 valence electrons. The van der Waals surface area contributed by atoms with Crippen LogP contribution in [0, 0.1) is 13.8 Å². The Labute approximate surface area is 178 Å². The van der Waals surface area contributed by atoms with Gasteiger partial charge in [0.25, 0.3) is 15.9 Å². The molecule has 1 heterocycles. The third kappa shape index (κ3) is 4.05. The van der Waals surface area contributed by atoms with Crippen molar-refractivity contribution < 1.29 is 13.2 Å². The van der Waals surface area contributed by atoms with Gasteiger partial charge in [-0.2, -0.15) is 0 Å². The highest BCUT2D eigenvalue weighted by Gasteiger charge is 2.18. The molecule has 2 N–H and O–H groups in total. The molecule has 6 nitrogen and oxygen atoms in total. The van der Waals surface area contributed by atoms with E-state index in [4.69, 9.17) is 0 Å². The molecule has 3 aromatic carbocycles. The average molecular weight is 438 g/mol. The van der Waals surface area contributed by atoms with Crippen molar-refractivity contribution in [1.82, 2.24) is 4.98 Å². The second-order valence-corrected chi connectivity index (χ2v) is 9.53. The van der Waals surface area contributed by atoms with Crippen molar-refractivity contribution in [2.24, 2.45) is 0 Å². The zero-order chi connectivity index (χ0) is 21.3. The number of amides is 1. The Morgan fingerprint density at radius 3 is 2.37 bits per heavy atom. The minimum Gasteiger partial charge on any atom is -0.298 e. The number of carbonyl (C=O) groups is 1. The third-order valence-corrected chi connectivity index (χ3v) is 7.04. The summed E-state index contributed by atoms with van der Waals surface area (Å²) in [4.78, 5) is 17.1. The summed E-state index contributed by atoms with van der Waals surface area (Å²) in [5, 5.41) is 3.26. The Balaban J connectivity index is 1.63. The molecule has 1 amide bonds. The normalized spacial score (nSPS) is 11.4. The van der Waals surface area contributed by atoms with E-state index < -0.39 is 10.0 Å². The monoisotopic (exact) mass is 437 g/mol. The van der Waals surface area contributed by atoms with Crippen LogP contribution >= 0.6 is 11.3 Å². The van der Waals surface area contributed by atoms with Crippen LogP contribution in [0.25, 0.3) is 10.2 Å². The van der Waals surface area contributed by atoms with Gasteiger partial charge in [-0.1, -0.05) is 47.7 Å². The first-order chi connectivity index (χ1) is 14.3. The van der Waals surface area contributed by atoms with Crippen molar-refractivity contribution >= 4 is 48.3 Å². The van der Waals surface area contributed by atoms with E-state index in [0.29, 0.717) is 21.9 Å². The summed E-state index contributed by atoms with van der Waals surface area (Å²) in [6.45, 7) is 3.62. The molecule has 0 aliphatic rings. The van der Waals surface area contributed by atoms with Crippen molar-refractivity contribution in [3.05, 3.63) is 83.4 Å². The summed E-state index contributed by atoms with van der Waals surface area (Å²) >= 11 is 1.30. The number of hydrogen-bond acceptors (Lipinski definition) is 5. The highest BCUT2D eigenvalue weighted by Crippen LogP contribution is 2.32. The summed E-state index contributed by atoms with van der Waals surface area (Å²) in [5.74, 6) is -0.243. The zero-order valence-corrected chi connectivity index (χ0v) is 18.0. The van der Waals surface area contributed by atoms with E-state index in [0.717, 1.165) is 15.8 Å². The summed E-state index contributed by atoms with van der Waals surface area (Å²) in [6.07, 6.45) is 0. The number of benzene rings is 3. The van der Waals surface area contributed by atoms with Crippen molar-refractivity contribution in [3.63, 3.8) is 0 Å². The first kappa shape index (κ1) is 20.1. The second-order valence-electron chi connectivity index (χ2n) is 6.85. The molecule has 0 radical (unpaired) electrons. The van der Waals surface area contributed by atoms with Crippen LogP contribution in [0.5, 0.6) is 0 Å². The summed E-state index contributed by atoms with van der Waals surface area (Å²) in [7, 11) is -3.71. The summed E-state index contributed by atoms with van der Waals surface area (Å²) < 4.78 is 29.0. The van der Waals surface area contributed by atoms with Gasteiger partial charge in [-0.15, -0.1) is 0 Å². The van der Waals surface area contributed by atoms with Crippen LogP contribution in [0.15, 0.2) is 71.6 Å². The molecular weight excluding hydrogens is 418 g/mol. The standard InChI is InChI=1S/C22H19N3O3S2/c1-14-8-6-7-11-19(14)30(27,28)25-17-12-15(2)20-18(13-17)29-22(23-20)24-21(26)16-9-4-3-5-10-16/h3-13,25H,1-2H3,(H,23,24,26). The molecule has 0 saturated heterocycles. The molecule has 0 fully saturated rings. The molecule has 8 heteroatoms. The molecule has 0 spiro atoms. The van der Waals surface area contributed by atoms with Crippen molar-refractivity contribution in [2.75, 3.05) is 10.0 Å². The van der Waals surface area contributed by atoms with E-state index >= 15 is 0 Å². The van der Waals surface area contributed by atoms with Gasteiger partial charge in [0.05, 0.1) is 20.8 Å². The molecule has 0 saturated carbocycles. The predicted molar refractivity (Wildman–Crippen MR) is 121 cm³/mol. The minimum absolute atomic E-state index is 0.239. The molecule has 0 unspecified atom stereocenters. The third-order valence-electron chi connectivity index (χ3n) is 4.58. The molecule has 0 bridgehead atoms. The van der Waals surface area contributed by atoms with Gasteiger partial charge in [0.15, 0.2) is 5.13 Å². The average Bonchev–Trinajstić information content (AvgIpc) is 3.11. The Hall–Kier alpha value is -3.23. The number of nitrogens with one attached hydrogen (secondary N) is 2. The first-order valence-electron chi connectivity index (χ1n) is 9.19. The lowest BCUT2D eigenvalue weighted by Gasteiger charge is -2.11. The number of carbonyl (C=O) groups excluding carboxylic acids is 1. The first-order valence-corrected chi connectivity index (χ1v) is 11.5. The molecule has 0 aliphatic heterocycles. The number of sulfonamides is 1. The molecule has 0 atom stereocenters. The van der Waals surface area contributed by atoms with E-state index in [1.807, 2.05) is 13.0 Å². The lowest BCUT2D eigenvalue weighted by Crippen LogP contribution is -2.14. The fraction of sp³-hybridized carbons (Fsp3) is 0.0909. The van der Waals surface area contributed by atoms with Crippen LogP contribution in [0.1, 0.15) is 21.5 Å². The highest BCUT2D eigenvalue weighted by molar-refractivity contribution is 7.92.